The Labute approximate surface area is 161 Å². The molecule has 0 spiro atoms. The summed E-state index contributed by atoms with van der Waals surface area (Å²) in [5.41, 5.74) is 1.11. The van der Waals surface area contributed by atoms with Crippen molar-refractivity contribution in [1.29, 1.82) is 0 Å². The van der Waals surface area contributed by atoms with Gasteiger partial charge in [-0.3, -0.25) is 9.59 Å². The van der Waals surface area contributed by atoms with Crippen LogP contribution in [0.25, 0.3) is 11.4 Å². The molecule has 2 atom stereocenters. The van der Waals surface area contributed by atoms with E-state index in [-0.39, 0.29) is 43.1 Å². The molecule has 1 aliphatic rings. The molecular formula is C19H22FN3O5. The number of methoxy groups -OCH3 is 1. The zero-order valence-electron chi connectivity index (χ0n) is 15.7. The Morgan fingerprint density at radius 2 is 2.21 bits per heavy atom. The first-order valence-corrected chi connectivity index (χ1v) is 9.00. The number of halogens is 1. The second kappa shape index (κ2) is 8.47. The summed E-state index contributed by atoms with van der Waals surface area (Å²) in [4.78, 5) is 29.4. The number of hydrogen-bond acceptors (Lipinski definition) is 6. The van der Waals surface area contributed by atoms with Crippen molar-refractivity contribution in [2.75, 3.05) is 13.7 Å². The van der Waals surface area contributed by atoms with Crippen molar-refractivity contribution >= 4 is 11.9 Å². The van der Waals surface area contributed by atoms with Crippen molar-refractivity contribution in [2.45, 2.75) is 44.8 Å². The molecule has 9 heteroatoms. The zero-order valence-corrected chi connectivity index (χ0v) is 15.7. The van der Waals surface area contributed by atoms with Crippen LogP contribution in [0.4, 0.5) is 4.39 Å². The number of benzene rings is 1. The molecule has 2 heterocycles. The van der Waals surface area contributed by atoms with Crippen LogP contribution in [-0.4, -0.2) is 57.8 Å². The van der Waals surface area contributed by atoms with Gasteiger partial charge in [0.25, 0.3) is 0 Å². The lowest BCUT2D eigenvalue weighted by molar-refractivity contribution is -0.139. The van der Waals surface area contributed by atoms with Crippen LogP contribution in [0.15, 0.2) is 22.7 Å². The number of aromatic nitrogens is 2. The summed E-state index contributed by atoms with van der Waals surface area (Å²) >= 11 is 0. The summed E-state index contributed by atoms with van der Waals surface area (Å²) in [5.74, 6) is -0.814. The van der Waals surface area contributed by atoms with E-state index in [0.717, 1.165) is 0 Å². The average molecular weight is 391 g/mol. The van der Waals surface area contributed by atoms with Crippen LogP contribution in [0.5, 0.6) is 0 Å². The molecule has 8 nitrogen and oxygen atoms in total. The van der Waals surface area contributed by atoms with Gasteiger partial charge in [-0.05, 0) is 37.1 Å². The Bertz CT molecular complexity index is 869. The van der Waals surface area contributed by atoms with E-state index in [1.54, 1.807) is 31.1 Å². The number of likely N-dealkylation sites (tertiary alicyclic amines) is 1. The summed E-state index contributed by atoms with van der Waals surface area (Å²) in [6.45, 7) is 2.02. The first-order chi connectivity index (χ1) is 13.4. The third kappa shape index (κ3) is 4.53. The lowest BCUT2D eigenvalue weighted by atomic mass is 10.1. The second-order valence-electron chi connectivity index (χ2n) is 6.87. The number of ether oxygens (including phenoxy) is 1. The maximum Gasteiger partial charge on any atom is 0.305 e. The number of nitrogens with zero attached hydrogens (tertiary/aromatic N) is 3. The lowest BCUT2D eigenvalue weighted by Gasteiger charge is -2.22. The predicted molar refractivity (Wildman–Crippen MR) is 95.9 cm³/mol. The van der Waals surface area contributed by atoms with Crippen molar-refractivity contribution in [2.24, 2.45) is 0 Å². The normalized spacial score (nSPS) is 19.2. The van der Waals surface area contributed by atoms with Crippen LogP contribution >= 0.6 is 0 Å². The van der Waals surface area contributed by atoms with E-state index in [0.29, 0.717) is 35.8 Å². The molecule has 1 aromatic carbocycles. The molecule has 0 radical (unpaired) electrons. The van der Waals surface area contributed by atoms with E-state index >= 15 is 0 Å². The highest BCUT2D eigenvalue weighted by Crippen LogP contribution is 2.24. The largest absolute Gasteiger partial charge is 0.481 e. The van der Waals surface area contributed by atoms with Gasteiger partial charge in [-0.15, -0.1) is 0 Å². The van der Waals surface area contributed by atoms with E-state index in [4.69, 9.17) is 14.4 Å². The van der Waals surface area contributed by atoms with Crippen LogP contribution < -0.4 is 0 Å². The Hall–Kier alpha value is -2.81. The summed E-state index contributed by atoms with van der Waals surface area (Å²) in [6.07, 6.45) is 0.588. The van der Waals surface area contributed by atoms with Gasteiger partial charge in [-0.2, -0.15) is 4.98 Å². The monoisotopic (exact) mass is 391 g/mol. The summed E-state index contributed by atoms with van der Waals surface area (Å²) < 4.78 is 23.9. The van der Waals surface area contributed by atoms with Gasteiger partial charge in [-0.1, -0.05) is 5.16 Å². The molecule has 1 aliphatic heterocycles. The third-order valence-corrected chi connectivity index (χ3v) is 4.88. The number of carbonyl (C=O) groups is 2. The topological polar surface area (TPSA) is 106 Å². The fraction of sp³-hybridized carbons (Fsp3) is 0.474. The van der Waals surface area contributed by atoms with Gasteiger partial charge >= 0.3 is 5.97 Å². The standard InChI is InChI=1S/C19H22FN3O5/c1-11-7-12(3-4-15(11)20)19-21-16(28-22-19)5-6-17(24)23-10-14(27-2)8-13(23)9-18(25)26/h3-4,7,13-14H,5-6,8-10H2,1-2H3,(H,25,26). The molecule has 1 N–H and O–H groups in total. The SMILES string of the molecule is COC1CC(CC(=O)O)N(C(=O)CCc2nc(-c3ccc(F)c(C)c3)no2)C1. The van der Waals surface area contributed by atoms with Crippen molar-refractivity contribution < 1.29 is 28.3 Å². The first-order valence-electron chi connectivity index (χ1n) is 9.00. The van der Waals surface area contributed by atoms with Gasteiger partial charge in [0.05, 0.1) is 12.5 Å². The van der Waals surface area contributed by atoms with Gasteiger partial charge in [0.1, 0.15) is 5.82 Å². The quantitative estimate of drug-likeness (QED) is 0.771. The third-order valence-electron chi connectivity index (χ3n) is 4.88. The first kappa shape index (κ1) is 19.9. The fourth-order valence-corrected chi connectivity index (χ4v) is 3.36. The molecule has 2 aromatic rings. The molecule has 0 saturated carbocycles. The van der Waals surface area contributed by atoms with Gasteiger partial charge in [0.15, 0.2) is 0 Å². The van der Waals surface area contributed by atoms with Gasteiger partial charge < -0.3 is 19.3 Å². The van der Waals surface area contributed by atoms with Crippen molar-refractivity contribution in [1.82, 2.24) is 15.0 Å². The molecular weight excluding hydrogens is 369 g/mol. The fourth-order valence-electron chi connectivity index (χ4n) is 3.36. The number of amides is 1. The maximum atomic E-state index is 13.4. The van der Waals surface area contributed by atoms with Crippen LogP contribution in [0.2, 0.25) is 0 Å². The smallest absolute Gasteiger partial charge is 0.305 e. The van der Waals surface area contributed by atoms with Crippen LogP contribution in [0.1, 0.15) is 30.7 Å². The maximum absolute atomic E-state index is 13.4. The van der Waals surface area contributed by atoms with Crippen molar-refractivity contribution in [3.05, 3.63) is 35.5 Å². The highest BCUT2D eigenvalue weighted by Gasteiger charge is 2.36. The minimum absolute atomic E-state index is 0.111. The van der Waals surface area contributed by atoms with Gasteiger partial charge in [-0.25, -0.2) is 4.39 Å². The number of aliphatic carboxylic acids is 1. The molecule has 0 aliphatic carbocycles. The van der Waals surface area contributed by atoms with Gasteiger partial charge in [0, 0.05) is 38.1 Å². The average Bonchev–Trinajstić information content (AvgIpc) is 3.28. The summed E-state index contributed by atoms with van der Waals surface area (Å²) in [6, 6.07) is 4.15. The second-order valence-corrected chi connectivity index (χ2v) is 6.87. The van der Waals surface area contributed by atoms with E-state index in [9.17, 15) is 14.0 Å². The molecule has 1 fully saturated rings. The lowest BCUT2D eigenvalue weighted by Crippen LogP contribution is -2.37. The molecule has 1 aromatic heterocycles. The van der Waals surface area contributed by atoms with E-state index in [2.05, 4.69) is 10.1 Å². The number of carboxylic acid groups (broad SMARTS) is 1. The number of rotatable bonds is 7. The molecule has 1 amide bonds. The highest BCUT2D eigenvalue weighted by molar-refractivity contribution is 5.78. The summed E-state index contributed by atoms with van der Waals surface area (Å²) in [7, 11) is 1.55. The molecule has 1 saturated heterocycles. The van der Waals surface area contributed by atoms with Crippen LogP contribution in [0.3, 0.4) is 0 Å². The van der Waals surface area contributed by atoms with Crippen molar-refractivity contribution in [3.8, 4) is 11.4 Å². The Morgan fingerprint density at radius 1 is 1.43 bits per heavy atom. The predicted octanol–water partition coefficient (Wildman–Crippen LogP) is 2.21. The Balaban J connectivity index is 1.62. The molecule has 3 rings (SSSR count). The molecule has 2 unspecified atom stereocenters. The van der Waals surface area contributed by atoms with E-state index in [1.807, 2.05) is 0 Å². The summed E-state index contributed by atoms with van der Waals surface area (Å²) in [5, 5.41) is 12.9. The Morgan fingerprint density at radius 3 is 2.89 bits per heavy atom. The zero-order chi connectivity index (χ0) is 20.3. The van der Waals surface area contributed by atoms with Crippen LogP contribution in [0, 0.1) is 12.7 Å². The highest BCUT2D eigenvalue weighted by atomic mass is 19.1. The molecule has 0 bridgehead atoms. The number of hydrogen-bond donors (Lipinski definition) is 1. The van der Waals surface area contributed by atoms with E-state index < -0.39 is 5.97 Å². The Kier molecular flexibility index (Phi) is 6.03. The number of carboxylic acids is 1. The number of carbonyl (C=O) groups excluding carboxylic acids is 1. The minimum Gasteiger partial charge on any atom is -0.481 e. The van der Waals surface area contributed by atoms with E-state index in [1.165, 1.54) is 6.07 Å². The van der Waals surface area contributed by atoms with Crippen LogP contribution in [-0.2, 0) is 20.7 Å². The van der Waals surface area contributed by atoms with Gasteiger partial charge in [0.2, 0.25) is 17.6 Å². The van der Waals surface area contributed by atoms with Crippen molar-refractivity contribution in [3.63, 3.8) is 0 Å². The molecule has 150 valence electrons. The minimum atomic E-state index is -0.948. The number of aryl methyl sites for hydroxylation is 2. The molecule has 28 heavy (non-hydrogen) atoms.